The molecule has 2 aromatic rings. The molecule has 0 radical (unpaired) electrons. The maximum atomic E-state index is 12.4. The number of piperidine rings is 1. The number of pyridine rings is 1. The first kappa shape index (κ1) is 21.2. The second-order valence-electron chi connectivity index (χ2n) is 6.83. The summed E-state index contributed by atoms with van der Waals surface area (Å²) in [7, 11) is -2.32. The van der Waals surface area contributed by atoms with Crippen LogP contribution >= 0.6 is 11.3 Å². The summed E-state index contributed by atoms with van der Waals surface area (Å²) < 4.78 is 26.0. The fourth-order valence-corrected chi connectivity index (χ4v) is 5.44. The SMILES string of the molecule is CN(CC(=O)Nc1ccc(N2CCCC(C(N)=O)C2)nc1)S(=O)(=O)c1cccs1. The lowest BCUT2D eigenvalue weighted by molar-refractivity contribution is -0.122. The van der Waals surface area contributed by atoms with Gasteiger partial charge in [0, 0.05) is 20.1 Å². The number of primary amides is 1. The number of rotatable bonds is 7. The zero-order valence-corrected chi connectivity index (χ0v) is 17.6. The van der Waals surface area contributed by atoms with Crippen LogP contribution in [0.4, 0.5) is 11.5 Å². The van der Waals surface area contributed by atoms with Gasteiger partial charge in [0.15, 0.2) is 0 Å². The number of sulfonamides is 1. The van der Waals surface area contributed by atoms with Gasteiger partial charge < -0.3 is 16.0 Å². The number of thiophene rings is 1. The van der Waals surface area contributed by atoms with Crippen molar-refractivity contribution in [3.05, 3.63) is 35.8 Å². The van der Waals surface area contributed by atoms with E-state index in [-0.39, 0.29) is 22.6 Å². The first-order valence-corrected chi connectivity index (χ1v) is 11.4. The predicted octanol–water partition coefficient (Wildman–Crippen LogP) is 1.10. The van der Waals surface area contributed by atoms with Crippen molar-refractivity contribution >= 4 is 44.7 Å². The third-order valence-corrected chi connectivity index (χ3v) is 7.88. The lowest BCUT2D eigenvalue weighted by atomic mass is 9.97. The van der Waals surface area contributed by atoms with Crippen molar-refractivity contribution in [3.63, 3.8) is 0 Å². The van der Waals surface area contributed by atoms with Crippen LogP contribution in [0.15, 0.2) is 40.1 Å². The van der Waals surface area contributed by atoms with Crippen LogP contribution in [0.3, 0.4) is 0 Å². The van der Waals surface area contributed by atoms with Crippen LogP contribution in [-0.2, 0) is 19.6 Å². The van der Waals surface area contributed by atoms with Crippen molar-refractivity contribution in [2.24, 2.45) is 11.7 Å². The molecule has 1 aliphatic rings. The summed E-state index contributed by atoms with van der Waals surface area (Å²) in [6.07, 6.45) is 3.15. The van der Waals surface area contributed by atoms with Gasteiger partial charge in [-0.15, -0.1) is 11.3 Å². The average Bonchev–Trinajstić information content (AvgIpc) is 3.24. The third kappa shape index (κ3) is 5.11. The summed E-state index contributed by atoms with van der Waals surface area (Å²) in [4.78, 5) is 30.0. The monoisotopic (exact) mass is 437 g/mol. The smallest absolute Gasteiger partial charge is 0.252 e. The second-order valence-corrected chi connectivity index (χ2v) is 10.1. The van der Waals surface area contributed by atoms with Crippen LogP contribution in [0.5, 0.6) is 0 Å². The molecule has 1 atom stereocenters. The maximum absolute atomic E-state index is 12.4. The Labute approximate surface area is 173 Å². The van der Waals surface area contributed by atoms with Crippen molar-refractivity contribution in [2.75, 3.05) is 36.9 Å². The molecule has 29 heavy (non-hydrogen) atoms. The van der Waals surface area contributed by atoms with Crippen molar-refractivity contribution in [2.45, 2.75) is 17.1 Å². The molecule has 0 aliphatic carbocycles. The number of carbonyl (C=O) groups excluding carboxylic acids is 2. The fraction of sp³-hybridized carbons (Fsp3) is 0.389. The minimum atomic E-state index is -3.69. The van der Waals surface area contributed by atoms with Crippen molar-refractivity contribution < 1.29 is 18.0 Å². The molecule has 1 saturated heterocycles. The molecule has 3 heterocycles. The Morgan fingerprint density at radius 3 is 2.79 bits per heavy atom. The number of amides is 2. The number of hydrogen-bond acceptors (Lipinski definition) is 7. The standard InChI is InChI=1S/C18H23N5O4S2/c1-22(29(26,27)17-5-3-9-28-17)12-16(24)21-14-6-7-15(20-10-14)23-8-2-4-13(11-23)18(19)25/h3,5-7,9-10,13H,2,4,8,11-12H2,1H3,(H2,19,25)(H,21,24). The van der Waals surface area contributed by atoms with Gasteiger partial charge in [-0.05, 0) is 36.4 Å². The van der Waals surface area contributed by atoms with Gasteiger partial charge in [0.1, 0.15) is 10.0 Å². The zero-order valence-electron chi connectivity index (χ0n) is 15.9. The van der Waals surface area contributed by atoms with E-state index in [2.05, 4.69) is 10.3 Å². The molecule has 2 aromatic heterocycles. The predicted molar refractivity (Wildman–Crippen MR) is 111 cm³/mol. The molecule has 0 aromatic carbocycles. The number of nitrogens with two attached hydrogens (primary N) is 1. The topological polar surface area (TPSA) is 126 Å². The Morgan fingerprint density at radius 2 is 2.17 bits per heavy atom. The van der Waals surface area contributed by atoms with Gasteiger partial charge in [-0.2, -0.15) is 4.31 Å². The number of anilines is 2. The summed E-state index contributed by atoms with van der Waals surface area (Å²) in [5, 5.41) is 4.32. The molecule has 0 spiro atoms. The van der Waals surface area contributed by atoms with Gasteiger partial charge in [-0.1, -0.05) is 6.07 Å². The van der Waals surface area contributed by atoms with E-state index in [1.165, 1.54) is 19.3 Å². The van der Waals surface area contributed by atoms with E-state index in [4.69, 9.17) is 5.73 Å². The summed E-state index contributed by atoms with van der Waals surface area (Å²) in [6.45, 7) is 1.00. The van der Waals surface area contributed by atoms with Crippen molar-refractivity contribution in [3.8, 4) is 0 Å². The highest BCUT2D eigenvalue weighted by atomic mass is 32.2. The molecule has 1 aliphatic heterocycles. The lowest BCUT2D eigenvalue weighted by Gasteiger charge is -2.32. The molecule has 9 nitrogen and oxygen atoms in total. The minimum Gasteiger partial charge on any atom is -0.369 e. The summed E-state index contributed by atoms with van der Waals surface area (Å²) in [6, 6.07) is 6.60. The largest absolute Gasteiger partial charge is 0.369 e. The molecular formula is C18H23N5O4S2. The third-order valence-electron chi connectivity index (χ3n) is 4.71. The summed E-state index contributed by atoms with van der Waals surface area (Å²) in [5.41, 5.74) is 5.87. The van der Waals surface area contributed by atoms with Crippen LogP contribution in [0.25, 0.3) is 0 Å². The number of aromatic nitrogens is 1. The van der Waals surface area contributed by atoms with E-state index in [9.17, 15) is 18.0 Å². The molecule has 0 bridgehead atoms. The molecule has 156 valence electrons. The van der Waals surface area contributed by atoms with Crippen LogP contribution < -0.4 is 16.0 Å². The molecule has 2 amide bonds. The Morgan fingerprint density at radius 1 is 1.38 bits per heavy atom. The highest BCUT2D eigenvalue weighted by Gasteiger charge is 2.25. The first-order valence-electron chi connectivity index (χ1n) is 9.07. The van der Waals surface area contributed by atoms with Crippen molar-refractivity contribution in [1.82, 2.24) is 9.29 Å². The molecule has 3 rings (SSSR count). The van der Waals surface area contributed by atoms with Gasteiger partial charge in [0.2, 0.25) is 11.8 Å². The second kappa shape index (κ2) is 8.89. The average molecular weight is 438 g/mol. The van der Waals surface area contributed by atoms with Crippen LogP contribution in [-0.4, -0.2) is 56.2 Å². The van der Waals surface area contributed by atoms with Crippen molar-refractivity contribution in [1.29, 1.82) is 0 Å². The Bertz CT molecular complexity index is 961. The van der Waals surface area contributed by atoms with Crippen LogP contribution in [0.2, 0.25) is 0 Å². The quantitative estimate of drug-likeness (QED) is 0.668. The number of likely N-dealkylation sites (N-methyl/N-ethyl adjacent to an activating group) is 1. The van der Waals surface area contributed by atoms with E-state index >= 15 is 0 Å². The van der Waals surface area contributed by atoms with Gasteiger partial charge in [0.05, 0.1) is 24.3 Å². The Hall–Kier alpha value is -2.50. The molecule has 3 N–H and O–H groups in total. The molecular weight excluding hydrogens is 414 g/mol. The molecule has 11 heteroatoms. The Kier molecular flexibility index (Phi) is 6.50. The lowest BCUT2D eigenvalue weighted by Crippen LogP contribution is -2.41. The van der Waals surface area contributed by atoms with Gasteiger partial charge >= 0.3 is 0 Å². The number of nitrogens with zero attached hydrogens (tertiary/aromatic N) is 3. The fourth-order valence-electron chi connectivity index (χ4n) is 3.12. The van der Waals surface area contributed by atoms with Gasteiger partial charge in [-0.3, -0.25) is 9.59 Å². The zero-order chi connectivity index (χ0) is 21.0. The minimum absolute atomic E-state index is 0.189. The molecule has 1 fully saturated rings. The van der Waals surface area contributed by atoms with Crippen LogP contribution in [0, 0.1) is 5.92 Å². The summed E-state index contributed by atoms with van der Waals surface area (Å²) in [5.74, 6) is -0.258. The first-order chi connectivity index (χ1) is 13.8. The number of hydrogen-bond donors (Lipinski definition) is 2. The number of carbonyl (C=O) groups is 2. The maximum Gasteiger partial charge on any atom is 0.252 e. The normalized spacial score (nSPS) is 17.3. The van der Waals surface area contributed by atoms with E-state index in [1.54, 1.807) is 23.6 Å². The highest BCUT2D eigenvalue weighted by Crippen LogP contribution is 2.23. The van der Waals surface area contributed by atoms with E-state index in [0.29, 0.717) is 18.1 Å². The summed E-state index contributed by atoms with van der Waals surface area (Å²) >= 11 is 1.10. The van der Waals surface area contributed by atoms with E-state index < -0.39 is 15.9 Å². The number of nitrogens with one attached hydrogen (secondary N) is 1. The Balaban J connectivity index is 1.58. The highest BCUT2D eigenvalue weighted by molar-refractivity contribution is 7.91. The van der Waals surface area contributed by atoms with Gasteiger partial charge in [0.25, 0.3) is 10.0 Å². The molecule has 1 unspecified atom stereocenters. The van der Waals surface area contributed by atoms with Crippen LogP contribution in [0.1, 0.15) is 12.8 Å². The molecule has 0 saturated carbocycles. The van der Waals surface area contributed by atoms with E-state index in [1.807, 2.05) is 4.90 Å². The van der Waals surface area contributed by atoms with Gasteiger partial charge in [-0.25, -0.2) is 13.4 Å². The van der Waals surface area contributed by atoms with E-state index in [0.717, 1.165) is 35.0 Å².